The molecule has 0 bridgehead atoms. The smallest absolute Gasteiger partial charge is 0.236 e. The van der Waals surface area contributed by atoms with Gasteiger partial charge in [-0.15, -0.1) is 11.3 Å². The molecule has 23 heavy (non-hydrogen) atoms. The number of halogens is 1. The minimum Gasteiger partial charge on any atom is -0.354 e. The zero-order valence-corrected chi connectivity index (χ0v) is 15.1. The molecule has 0 spiro atoms. The van der Waals surface area contributed by atoms with Crippen molar-refractivity contribution in [1.29, 1.82) is 0 Å². The summed E-state index contributed by atoms with van der Waals surface area (Å²) in [5.74, 6) is 0.0361. The van der Waals surface area contributed by atoms with Gasteiger partial charge in [0.1, 0.15) is 0 Å². The monoisotopic (exact) mass is 350 g/mol. The molecule has 0 saturated heterocycles. The molecule has 2 N–H and O–H groups in total. The minimum atomic E-state index is -0.237. The number of amides is 1. The summed E-state index contributed by atoms with van der Waals surface area (Å²) in [5.41, 5.74) is 1.15. The summed E-state index contributed by atoms with van der Waals surface area (Å²) in [6, 6.07) is 11.8. The van der Waals surface area contributed by atoms with Gasteiger partial charge in [-0.25, -0.2) is 0 Å². The zero-order chi connectivity index (χ0) is 16.7. The number of thiophene rings is 1. The third-order valence-corrected chi connectivity index (χ3v) is 4.96. The zero-order valence-electron chi connectivity index (χ0n) is 13.5. The molecule has 2 aromatic rings. The molecule has 3 nitrogen and oxygen atoms in total. The number of nitrogens with one attached hydrogen (secondary N) is 2. The lowest BCUT2D eigenvalue weighted by atomic mass is 10.0. The van der Waals surface area contributed by atoms with Gasteiger partial charge in [0.2, 0.25) is 5.91 Å². The molecule has 2 rings (SSSR count). The van der Waals surface area contributed by atoms with Gasteiger partial charge in [-0.2, -0.15) is 0 Å². The second-order valence-corrected chi connectivity index (χ2v) is 6.99. The van der Waals surface area contributed by atoms with Crippen molar-refractivity contribution >= 4 is 28.8 Å². The van der Waals surface area contributed by atoms with Crippen molar-refractivity contribution in [2.75, 3.05) is 6.54 Å². The molecule has 0 radical (unpaired) electrons. The van der Waals surface area contributed by atoms with Crippen molar-refractivity contribution in [2.24, 2.45) is 0 Å². The highest BCUT2D eigenvalue weighted by Crippen LogP contribution is 2.19. The number of benzene rings is 1. The summed E-state index contributed by atoms with van der Waals surface area (Å²) in [6.07, 6.45) is 1.79. The average molecular weight is 351 g/mol. The molecule has 0 aliphatic rings. The first-order valence-corrected chi connectivity index (χ1v) is 9.17. The minimum absolute atomic E-state index is 0.0361. The van der Waals surface area contributed by atoms with Crippen molar-refractivity contribution < 1.29 is 4.79 Å². The lowest BCUT2D eigenvalue weighted by Crippen LogP contribution is -2.44. The Hall–Kier alpha value is -1.36. The highest BCUT2D eigenvalue weighted by Gasteiger charge is 2.17. The fraction of sp³-hybridized carbons (Fsp3) is 0.389. The Morgan fingerprint density at radius 1 is 1.26 bits per heavy atom. The SMILES string of the molecule is CCC(NC(C)C(=O)NCCc1cccs1)c1ccc(Cl)cc1. The number of carbonyl (C=O) groups excluding carboxylic acids is 1. The van der Waals surface area contributed by atoms with E-state index in [1.54, 1.807) is 11.3 Å². The van der Waals surface area contributed by atoms with Crippen molar-refractivity contribution in [3.63, 3.8) is 0 Å². The quantitative estimate of drug-likeness (QED) is 0.749. The van der Waals surface area contributed by atoms with E-state index in [-0.39, 0.29) is 18.0 Å². The van der Waals surface area contributed by atoms with E-state index in [1.165, 1.54) is 4.88 Å². The Balaban J connectivity index is 1.82. The van der Waals surface area contributed by atoms with Gasteiger partial charge in [-0.1, -0.05) is 36.7 Å². The fourth-order valence-corrected chi connectivity index (χ4v) is 3.27. The van der Waals surface area contributed by atoms with E-state index in [2.05, 4.69) is 29.0 Å². The van der Waals surface area contributed by atoms with Crippen LogP contribution < -0.4 is 10.6 Å². The average Bonchev–Trinajstić information content (AvgIpc) is 3.06. The van der Waals surface area contributed by atoms with E-state index >= 15 is 0 Å². The lowest BCUT2D eigenvalue weighted by Gasteiger charge is -2.22. The van der Waals surface area contributed by atoms with Crippen LogP contribution in [-0.4, -0.2) is 18.5 Å². The van der Waals surface area contributed by atoms with Gasteiger partial charge in [0.05, 0.1) is 6.04 Å². The molecule has 1 heterocycles. The van der Waals surface area contributed by atoms with Crippen LogP contribution in [0.25, 0.3) is 0 Å². The van der Waals surface area contributed by atoms with Crippen LogP contribution in [0, 0.1) is 0 Å². The van der Waals surface area contributed by atoms with Crippen molar-refractivity contribution in [3.8, 4) is 0 Å². The highest BCUT2D eigenvalue weighted by atomic mass is 35.5. The van der Waals surface area contributed by atoms with E-state index in [1.807, 2.05) is 37.3 Å². The third-order valence-electron chi connectivity index (χ3n) is 3.78. The Kier molecular flexibility index (Phi) is 7.09. The number of hydrogen-bond acceptors (Lipinski definition) is 3. The normalized spacial score (nSPS) is 13.5. The van der Waals surface area contributed by atoms with Gasteiger partial charge in [-0.05, 0) is 48.9 Å². The fourth-order valence-electron chi connectivity index (χ4n) is 2.44. The standard InChI is InChI=1S/C18H23ClN2OS/c1-3-17(14-6-8-15(19)9-7-14)21-13(2)18(22)20-11-10-16-5-4-12-23-16/h4-9,12-13,17,21H,3,10-11H2,1-2H3,(H,20,22). The lowest BCUT2D eigenvalue weighted by molar-refractivity contribution is -0.122. The first-order chi connectivity index (χ1) is 11.1. The maximum absolute atomic E-state index is 12.2. The molecule has 0 saturated carbocycles. The van der Waals surface area contributed by atoms with E-state index in [9.17, 15) is 4.79 Å². The highest BCUT2D eigenvalue weighted by molar-refractivity contribution is 7.09. The summed E-state index contributed by atoms with van der Waals surface area (Å²) in [6.45, 7) is 4.68. The summed E-state index contributed by atoms with van der Waals surface area (Å²) in [7, 11) is 0. The summed E-state index contributed by atoms with van der Waals surface area (Å²) in [4.78, 5) is 13.5. The molecule has 1 aromatic carbocycles. The van der Waals surface area contributed by atoms with Crippen molar-refractivity contribution in [1.82, 2.24) is 10.6 Å². The topological polar surface area (TPSA) is 41.1 Å². The number of hydrogen-bond donors (Lipinski definition) is 2. The number of rotatable bonds is 8. The molecule has 0 aliphatic carbocycles. The van der Waals surface area contributed by atoms with Gasteiger partial charge in [0.25, 0.3) is 0 Å². The largest absolute Gasteiger partial charge is 0.354 e. The first-order valence-electron chi connectivity index (χ1n) is 7.91. The predicted octanol–water partition coefficient (Wildman–Crippen LogP) is 4.19. The first kappa shape index (κ1) is 18.0. The molecule has 5 heteroatoms. The molecule has 2 atom stereocenters. The number of carbonyl (C=O) groups is 1. The summed E-state index contributed by atoms with van der Waals surface area (Å²) < 4.78 is 0. The van der Waals surface area contributed by atoms with Crippen LogP contribution in [0.2, 0.25) is 5.02 Å². The van der Waals surface area contributed by atoms with Crippen molar-refractivity contribution in [2.45, 2.75) is 38.8 Å². The summed E-state index contributed by atoms with van der Waals surface area (Å²) >= 11 is 7.65. The van der Waals surface area contributed by atoms with Crippen LogP contribution in [0.15, 0.2) is 41.8 Å². The molecule has 1 amide bonds. The molecule has 2 unspecified atom stereocenters. The van der Waals surface area contributed by atoms with E-state index in [4.69, 9.17) is 11.6 Å². The third kappa shape index (κ3) is 5.65. The van der Waals surface area contributed by atoms with Gasteiger partial charge < -0.3 is 5.32 Å². The van der Waals surface area contributed by atoms with Crippen LogP contribution in [0.3, 0.4) is 0 Å². The second-order valence-electron chi connectivity index (χ2n) is 5.52. The molecular formula is C18H23ClN2OS. The van der Waals surface area contributed by atoms with Gasteiger partial charge >= 0.3 is 0 Å². The van der Waals surface area contributed by atoms with Crippen LogP contribution in [-0.2, 0) is 11.2 Å². The molecule has 0 fully saturated rings. The van der Waals surface area contributed by atoms with Gasteiger partial charge in [-0.3, -0.25) is 10.1 Å². The van der Waals surface area contributed by atoms with E-state index in [0.717, 1.165) is 23.4 Å². The Bertz CT molecular complexity index is 598. The van der Waals surface area contributed by atoms with Gasteiger partial charge in [0, 0.05) is 22.5 Å². The van der Waals surface area contributed by atoms with Crippen LogP contribution in [0.1, 0.15) is 36.8 Å². The molecule has 124 valence electrons. The Morgan fingerprint density at radius 2 is 2.00 bits per heavy atom. The van der Waals surface area contributed by atoms with Crippen molar-refractivity contribution in [3.05, 3.63) is 57.2 Å². The molecular weight excluding hydrogens is 328 g/mol. The maximum Gasteiger partial charge on any atom is 0.236 e. The van der Waals surface area contributed by atoms with E-state index < -0.39 is 0 Å². The predicted molar refractivity (Wildman–Crippen MR) is 98.1 cm³/mol. The van der Waals surface area contributed by atoms with Crippen LogP contribution in [0.5, 0.6) is 0 Å². The van der Waals surface area contributed by atoms with E-state index in [0.29, 0.717) is 6.54 Å². The summed E-state index contributed by atoms with van der Waals surface area (Å²) in [5, 5.41) is 9.17. The van der Waals surface area contributed by atoms with Crippen LogP contribution >= 0.6 is 22.9 Å². The molecule has 0 aliphatic heterocycles. The molecule has 1 aromatic heterocycles. The second kappa shape index (κ2) is 9.06. The maximum atomic E-state index is 12.2. The van der Waals surface area contributed by atoms with Gasteiger partial charge in [0.15, 0.2) is 0 Å². The Morgan fingerprint density at radius 3 is 2.61 bits per heavy atom. The van der Waals surface area contributed by atoms with Crippen LogP contribution in [0.4, 0.5) is 0 Å². The Labute approximate surface area is 147 Å².